The minimum atomic E-state index is -0.150. The number of hydrogen-bond donors (Lipinski definition) is 1. The Balaban J connectivity index is 2.07. The van der Waals surface area contributed by atoms with Crippen LogP contribution < -0.4 is 0 Å². The highest BCUT2D eigenvalue weighted by atomic mass is 79.9. The van der Waals surface area contributed by atoms with Gasteiger partial charge in [0.25, 0.3) is 0 Å². The highest BCUT2D eigenvalue weighted by molar-refractivity contribution is 9.10. The van der Waals surface area contributed by atoms with Gasteiger partial charge < -0.3 is 10.1 Å². The van der Waals surface area contributed by atoms with Crippen LogP contribution in [0, 0.1) is 0 Å². The van der Waals surface area contributed by atoms with E-state index in [0.717, 1.165) is 22.0 Å². The molecule has 0 aromatic heterocycles. The summed E-state index contributed by atoms with van der Waals surface area (Å²) in [7, 11) is 0. The van der Waals surface area contributed by atoms with Crippen molar-refractivity contribution in [1.82, 2.24) is 4.90 Å². The molecule has 0 radical (unpaired) electrons. The molecule has 0 spiro atoms. The molecule has 1 N–H and O–H groups in total. The van der Waals surface area contributed by atoms with E-state index < -0.39 is 0 Å². The third-order valence-corrected chi connectivity index (χ3v) is 3.94. The van der Waals surface area contributed by atoms with Gasteiger partial charge in [-0.15, -0.1) is 0 Å². The van der Waals surface area contributed by atoms with Gasteiger partial charge in [0.1, 0.15) is 5.84 Å². The second kappa shape index (κ2) is 3.84. The Morgan fingerprint density at radius 3 is 3.06 bits per heavy atom. The van der Waals surface area contributed by atoms with Crippen molar-refractivity contribution in [3.05, 3.63) is 33.8 Å². The van der Waals surface area contributed by atoms with E-state index in [1.807, 2.05) is 23.1 Å². The zero-order valence-corrected chi connectivity index (χ0v) is 10.6. The van der Waals surface area contributed by atoms with E-state index in [1.165, 1.54) is 0 Å². The fraction of sp³-hybridized carbons (Fsp3) is 0.333. The van der Waals surface area contributed by atoms with E-state index in [1.54, 1.807) is 0 Å². The van der Waals surface area contributed by atoms with Crippen molar-refractivity contribution in [3.8, 4) is 0 Å². The van der Waals surface area contributed by atoms with Gasteiger partial charge in [0.15, 0.2) is 5.78 Å². The number of rotatable bonds is 0. The zero-order chi connectivity index (χ0) is 12.0. The molecule has 4 nitrogen and oxygen atoms in total. The minimum absolute atomic E-state index is 0.131. The molecule has 0 aliphatic carbocycles. The summed E-state index contributed by atoms with van der Waals surface area (Å²) in [5.74, 6) is 0.753. The van der Waals surface area contributed by atoms with Gasteiger partial charge in [-0.25, -0.2) is 0 Å². The standard InChI is InChI=1S/C12H11BrN2O2/c13-8-2-1-7-6-15-10(3-4-11(15)14-17)12(16)9(7)5-8/h1-2,5,10,17H,3-4,6H2. The molecule has 1 saturated heterocycles. The number of carbonyl (C=O) groups is 1. The smallest absolute Gasteiger partial charge is 0.185 e. The largest absolute Gasteiger partial charge is 0.409 e. The van der Waals surface area contributed by atoms with Crippen LogP contribution >= 0.6 is 15.9 Å². The maximum absolute atomic E-state index is 12.3. The van der Waals surface area contributed by atoms with Crippen molar-refractivity contribution in [1.29, 1.82) is 0 Å². The average Bonchev–Trinajstić information content (AvgIpc) is 2.73. The van der Waals surface area contributed by atoms with E-state index >= 15 is 0 Å². The molecule has 88 valence electrons. The summed E-state index contributed by atoms with van der Waals surface area (Å²) in [5, 5.41) is 12.2. The number of nitrogens with zero attached hydrogens (tertiary/aromatic N) is 2. The van der Waals surface area contributed by atoms with Gasteiger partial charge in [0.2, 0.25) is 0 Å². The third-order valence-electron chi connectivity index (χ3n) is 3.45. The predicted molar refractivity (Wildman–Crippen MR) is 66.3 cm³/mol. The number of fused-ring (bicyclic) bond motifs is 2. The summed E-state index contributed by atoms with van der Waals surface area (Å²) in [6.45, 7) is 0.651. The summed E-state index contributed by atoms with van der Waals surface area (Å²) < 4.78 is 0.923. The van der Waals surface area contributed by atoms with Crippen LogP contribution in [0.4, 0.5) is 0 Å². The lowest BCUT2D eigenvalue weighted by atomic mass is 9.93. The van der Waals surface area contributed by atoms with Gasteiger partial charge >= 0.3 is 0 Å². The first kappa shape index (κ1) is 10.8. The molecule has 17 heavy (non-hydrogen) atoms. The molecule has 1 atom stereocenters. The molecule has 5 heteroatoms. The number of hydrogen-bond acceptors (Lipinski definition) is 3. The van der Waals surface area contributed by atoms with Crippen LogP contribution in [0.3, 0.4) is 0 Å². The number of benzene rings is 1. The first-order chi connectivity index (χ1) is 8.20. The molecular weight excluding hydrogens is 284 g/mol. The van der Waals surface area contributed by atoms with Crippen LogP contribution in [0.5, 0.6) is 0 Å². The van der Waals surface area contributed by atoms with E-state index in [4.69, 9.17) is 5.21 Å². The van der Waals surface area contributed by atoms with Gasteiger partial charge in [0, 0.05) is 23.0 Å². The summed E-state index contributed by atoms with van der Waals surface area (Å²) >= 11 is 3.39. The second-order valence-corrected chi connectivity index (χ2v) is 5.28. The lowest BCUT2D eigenvalue weighted by molar-refractivity contribution is 0.0872. The Hall–Kier alpha value is -1.36. The summed E-state index contributed by atoms with van der Waals surface area (Å²) in [5.41, 5.74) is 1.79. The van der Waals surface area contributed by atoms with Crippen molar-refractivity contribution in [3.63, 3.8) is 0 Å². The van der Waals surface area contributed by atoms with Crippen molar-refractivity contribution >= 4 is 27.5 Å². The Morgan fingerprint density at radius 2 is 2.29 bits per heavy atom. The van der Waals surface area contributed by atoms with Crippen LogP contribution in [0.25, 0.3) is 0 Å². The number of halogens is 1. The van der Waals surface area contributed by atoms with Crippen molar-refractivity contribution in [2.45, 2.75) is 25.4 Å². The normalized spacial score (nSPS) is 25.0. The van der Waals surface area contributed by atoms with Crippen molar-refractivity contribution in [2.75, 3.05) is 0 Å². The monoisotopic (exact) mass is 294 g/mol. The lowest BCUT2D eigenvalue weighted by Gasteiger charge is -2.31. The quantitative estimate of drug-likeness (QED) is 0.590. The topological polar surface area (TPSA) is 52.9 Å². The highest BCUT2D eigenvalue weighted by Gasteiger charge is 2.39. The molecule has 1 aromatic carbocycles. The molecular formula is C12H11BrN2O2. The highest BCUT2D eigenvalue weighted by Crippen LogP contribution is 2.32. The Morgan fingerprint density at radius 1 is 1.47 bits per heavy atom. The van der Waals surface area contributed by atoms with E-state index in [9.17, 15) is 4.79 Å². The molecule has 1 aromatic rings. The fourth-order valence-corrected chi connectivity index (χ4v) is 2.97. The molecule has 1 unspecified atom stereocenters. The minimum Gasteiger partial charge on any atom is -0.409 e. The van der Waals surface area contributed by atoms with Crippen molar-refractivity contribution in [2.24, 2.45) is 5.16 Å². The van der Waals surface area contributed by atoms with Crippen LogP contribution in [0.1, 0.15) is 28.8 Å². The third kappa shape index (κ3) is 1.57. The van der Waals surface area contributed by atoms with E-state index in [-0.39, 0.29) is 11.8 Å². The van der Waals surface area contributed by atoms with Gasteiger partial charge in [-0.1, -0.05) is 27.2 Å². The molecule has 0 amide bonds. The Labute approximate surface area is 107 Å². The maximum Gasteiger partial charge on any atom is 0.185 e. The van der Waals surface area contributed by atoms with Crippen LogP contribution in [0.2, 0.25) is 0 Å². The van der Waals surface area contributed by atoms with E-state index in [2.05, 4.69) is 21.1 Å². The summed E-state index contributed by atoms with van der Waals surface area (Å²) in [6, 6.07) is 5.60. The zero-order valence-electron chi connectivity index (χ0n) is 9.06. The fourth-order valence-electron chi connectivity index (χ4n) is 2.61. The summed E-state index contributed by atoms with van der Waals surface area (Å²) in [6.07, 6.45) is 1.41. The molecule has 0 bridgehead atoms. The van der Waals surface area contributed by atoms with Crippen LogP contribution in [-0.4, -0.2) is 27.8 Å². The van der Waals surface area contributed by atoms with Gasteiger partial charge in [-0.3, -0.25) is 4.79 Å². The first-order valence-corrected chi connectivity index (χ1v) is 6.30. The molecule has 2 heterocycles. The number of amidine groups is 1. The molecule has 3 rings (SSSR count). The van der Waals surface area contributed by atoms with Gasteiger partial charge in [0.05, 0.1) is 6.04 Å². The molecule has 1 fully saturated rings. The van der Waals surface area contributed by atoms with E-state index in [0.29, 0.717) is 18.8 Å². The van der Waals surface area contributed by atoms with Gasteiger partial charge in [-0.05, 0) is 24.1 Å². The molecule has 2 aliphatic heterocycles. The number of oxime groups is 1. The average molecular weight is 295 g/mol. The second-order valence-electron chi connectivity index (χ2n) is 4.36. The maximum atomic E-state index is 12.3. The van der Waals surface area contributed by atoms with Crippen LogP contribution in [-0.2, 0) is 6.54 Å². The van der Waals surface area contributed by atoms with Crippen molar-refractivity contribution < 1.29 is 10.0 Å². The SMILES string of the molecule is O=C1c2cc(Br)ccc2CN2C(=NO)CCC12. The molecule has 0 saturated carbocycles. The number of Topliss-reactive ketones (excluding diaryl/α,β-unsaturated/α-hetero) is 1. The first-order valence-electron chi connectivity index (χ1n) is 5.51. The Kier molecular flexibility index (Phi) is 2.43. The number of carbonyl (C=O) groups excluding carboxylic acids is 1. The number of ketones is 1. The summed E-state index contributed by atoms with van der Waals surface area (Å²) in [4.78, 5) is 14.2. The predicted octanol–water partition coefficient (Wildman–Crippen LogP) is 2.40. The van der Waals surface area contributed by atoms with Gasteiger partial charge in [-0.2, -0.15) is 0 Å². The molecule has 2 aliphatic rings. The Bertz CT molecular complexity index is 527. The lowest BCUT2D eigenvalue weighted by Crippen LogP contribution is -2.42. The van der Waals surface area contributed by atoms with Crippen LogP contribution in [0.15, 0.2) is 27.8 Å².